The van der Waals surface area contributed by atoms with Gasteiger partial charge >= 0.3 is 12.2 Å². The molecule has 0 spiro atoms. The minimum atomic E-state index is -4.54. The fourth-order valence-corrected chi connectivity index (χ4v) is 4.21. The van der Waals surface area contributed by atoms with Gasteiger partial charge in [0.15, 0.2) is 0 Å². The summed E-state index contributed by atoms with van der Waals surface area (Å²) in [6, 6.07) is 11.6. The Bertz CT molecular complexity index is 1230. The van der Waals surface area contributed by atoms with E-state index in [2.05, 4.69) is 32.4 Å². The van der Waals surface area contributed by atoms with Crippen LogP contribution < -0.4 is 15.4 Å². The summed E-state index contributed by atoms with van der Waals surface area (Å²) in [6.45, 7) is 8.31. The third kappa shape index (κ3) is 7.42. The topological polar surface area (TPSA) is 82.6 Å². The lowest BCUT2D eigenvalue weighted by molar-refractivity contribution is -0.138. The number of urea groups is 1. The van der Waals surface area contributed by atoms with Crippen molar-refractivity contribution >= 4 is 17.4 Å². The third-order valence-corrected chi connectivity index (χ3v) is 6.37. The van der Waals surface area contributed by atoms with Crippen LogP contribution >= 0.6 is 0 Å². The zero-order chi connectivity index (χ0) is 27.1. The Hall–Kier alpha value is -3.70. The highest BCUT2D eigenvalue weighted by Crippen LogP contribution is 2.34. The van der Waals surface area contributed by atoms with Crippen LogP contribution in [0.15, 0.2) is 54.9 Å². The quantitative estimate of drug-likeness (QED) is 0.394. The zero-order valence-corrected chi connectivity index (χ0v) is 21.4. The molecule has 2 heterocycles. The van der Waals surface area contributed by atoms with Crippen LogP contribution in [-0.2, 0) is 19.1 Å². The van der Waals surface area contributed by atoms with Gasteiger partial charge in [-0.25, -0.2) is 14.8 Å². The van der Waals surface area contributed by atoms with E-state index in [1.54, 1.807) is 30.3 Å². The summed E-state index contributed by atoms with van der Waals surface area (Å²) in [5.74, 6) is 0.917. The van der Waals surface area contributed by atoms with Gasteiger partial charge in [0.25, 0.3) is 0 Å². The summed E-state index contributed by atoms with van der Waals surface area (Å²) < 4.78 is 47.2. The number of aryl methyl sites for hydroxylation is 1. The molecule has 1 aliphatic heterocycles. The first-order valence-electron chi connectivity index (χ1n) is 12.5. The van der Waals surface area contributed by atoms with E-state index < -0.39 is 17.8 Å². The van der Waals surface area contributed by atoms with Crippen LogP contribution in [-0.4, -0.2) is 58.5 Å². The van der Waals surface area contributed by atoms with Crippen molar-refractivity contribution in [2.75, 3.05) is 43.4 Å². The number of carbonyl (C=O) groups excluding carboxylic acids is 1. The minimum Gasteiger partial charge on any atom is -0.439 e. The molecule has 38 heavy (non-hydrogen) atoms. The molecule has 202 valence electrons. The van der Waals surface area contributed by atoms with Gasteiger partial charge in [-0.3, -0.25) is 4.90 Å². The van der Waals surface area contributed by atoms with Gasteiger partial charge in [-0.1, -0.05) is 19.9 Å². The monoisotopic (exact) mass is 528 g/mol. The standard InChI is InChI=1S/C27H31F3N6O2/c1-3-20-16-25(32-18-31-20)38-23-9-7-21(8-10-23)33-26(37)34-22-6-5-19(24(15-22)27(28,29)30)17-36-13-11-35(4-2)12-14-36/h5-10,15-16,18H,3-4,11-14,17H2,1-2H3,(H2,33,34,37). The predicted molar refractivity (Wildman–Crippen MR) is 139 cm³/mol. The predicted octanol–water partition coefficient (Wildman–Crippen LogP) is 5.63. The lowest BCUT2D eigenvalue weighted by atomic mass is 10.0. The van der Waals surface area contributed by atoms with Crippen molar-refractivity contribution in [1.29, 1.82) is 0 Å². The van der Waals surface area contributed by atoms with Crippen LogP contribution in [0.4, 0.5) is 29.3 Å². The van der Waals surface area contributed by atoms with E-state index in [1.165, 1.54) is 18.5 Å². The summed E-state index contributed by atoms with van der Waals surface area (Å²) in [4.78, 5) is 25.0. The summed E-state index contributed by atoms with van der Waals surface area (Å²) in [5.41, 5.74) is 0.807. The van der Waals surface area contributed by atoms with Crippen molar-refractivity contribution in [3.8, 4) is 11.6 Å². The van der Waals surface area contributed by atoms with Gasteiger partial charge in [-0.05, 0) is 54.9 Å². The fourth-order valence-electron chi connectivity index (χ4n) is 4.21. The molecule has 0 atom stereocenters. The van der Waals surface area contributed by atoms with Gasteiger partial charge in [0.1, 0.15) is 12.1 Å². The number of ether oxygens (including phenoxy) is 1. The lowest BCUT2D eigenvalue weighted by Crippen LogP contribution is -2.45. The Balaban J connectivity index is 1.37. The summed E-state index contributed by atoms with van der Waals surface area (Å²) in [7, 11) is 0. The number of halogens is 3. The Morgan fingerprint density at radius 2 is 1.58 bits per heavy atom. The first-order chi connectivity index (χ1) is 18.2. The van der Waals surface area contributed by atoms with Gasteiger partial charge in [-0.15, -0.1) is 0 Å². The SMILES string of the molecule is CCc1cc(Oc2ccc(NC(=O)Nc3ccc(CN4CCN(CC)CC4)c(C(F)(F)F)c3)cc2)ncn1. The van der Waals surface area contributed by atoms with Crippen molar-refractivity contribution in [2.24, 2.45) is 0 Å². The van der Waals surface area contributed by atoms with Crippen molar-refractivity contribution in [1.82, 2.24) is 19.8 Å². The van der Waals surface area contributed by atoms with Crippen molar-refractivity contribution in [3.05, 3.63) is 71.7 Å². The second-order valence-electron chi connectivity index (χ2n) is 8.99. The van der Waals surface area contributed by atoms with Crippen LogP contribution in [0, 0.1) is 0 Å². The molecule has 8 nitrogen and oxygen atoms in total. The van der Waals surface area contributed by atoms with Gasteiger partial charge in [0.2, 0.25) is 5.88 Å². The highest BCUT2D eigenvalue weighted by Gasteiger charge is 2.34. The zero-order valence-electron chi connectivity index (χ0n) is 21.4. The van der Waals surface area contributed by atoms with E-state index in [0.29, 0.717) is 17.3 Å². The van der Waals surface area contributed by atoms with E-state index in [0.717, 1.165) is 50.9 Å². The Morgan fingerprint density at radius 1 is 0.921 bits per heavy atom. The molecule has 0 radical (unpaired) electrons. The average Bonchev–Trinajstić information content (AvgIpc) is 2.90. The molecule has 3 aromatic rings. The van der Waals surface area contributed by atoms with Gasteiger partial charge in [0.05, 0.1) is 5.56 Å². The molecule has 1 aliphatic rings. The maximum absolute atomic E-state index is 13.8. The average molecular weight is 529 g/mol. The number of rotatable bonds is 8. The second kappa shape index (κ2) is 12.2. The number of carbonyl (C=O) groups is 1. The molecule has 4 rings (SSSR count). The molecule has 11 heteroatoms. The highest BCUT2D eigenvalue weighted by atomic mass is 19.4. The molecule has 2 amide bonds. The molecule has 0 aliphatic carbocycles. The van der Waals surface area contributed by atoms with Gasteiger partial charge < -0.3 is 20.3 Å². The first-order valence-corrected chi connectivity index (χ1v) is 12.5. The molecular formula is C27H31F3N6O2. The number of piperazine rings is 1. The molecule has 0 unspecified atom stereocenters. The van der Waals surface area contributed by atoms with E-state index in [4.69, 9.17) is 4.74 Å². The molecule has 0 bridgehead atoms. The van der Waals surface area contributed by atoms with Gasteiger partial charge in [-0.2, -0.15) is 13.2 Å². The number of nitrogens with one attached hydrogen (secondary N) is 2. The number of amides is 2. The van der Waals surface area contributed by atoms with Crippen molar-refractivity contribution in [2.45, 2.75) is 33.0 Å². The highest BCUT2D eigenvalue weighted by molar-refractivity contribution is 5.99. The van der Waals surface area contributed by atoms with E-state index in [9.17, 15) is 18.0 Å². The third-order valence-electron chi connectivity index (χ3n) is 6.37. The van der Waals surface area contributed by atoms with Gasteiger partial charge in [0, 0.05) is 55.9 Å². The lowest BCUT2D eigenvalue weighted by Gasteiger charge is -2.34. The maximum Gasteiger partial charge on any atom is 0.416 e. The Kier molecular flexibility index (Phi) is 8.80. The molecular weight excluding hydrogens is 497 g/mol. The van der Waals surface area contributed by atoms with Crippen LogP contribution in [0.1, 0.15) is 30.7 Å². The molecule has 2 N–H and O–H groups in total. The molecule has 0 saturated carbocycles. The maximum atomic E-state index is 13.8. The summed E-state index contributed by atoms with van der Waals surface area (Å²) >= 11 is 0. The number of likely N-dealkylation sites (N-methyl/N-ethyl adjacent to an activating group) is 1. The minimum absolute atomic E-state index is 0.0600. The Labute approximate surface area is 219 Å². The number of anilines is 2. The first kappa shape index (κ1) is 27.3. The molecule has 1 saturated heterocycles. The number of hydrogen-bond acceptors (Lipinski definition) is 6. The van der Waals surface area contributed by atoms with Crippen LogP contribution in [0.2, 0.25) is 0 Å². The molecule has 1 aromatic heterocycles. The fraction of sp³-hybridized carbons (Fsp3) is 0.370. The second-order valence-corrected chi connectivity index (χ2v) is 8.99. The van der Waals surface area contributed by atoms with Crippen LogP contribution in [0.3, 0.4) is 0 Å². The van der Waals surface area contributed by atoms with Crippen LogP contribution in [0.5, 0.6) is 11.6 Å². The van der Waals surface area contributed by atoms with E-state index in [-0.39, 0.29) is 17.8 Å². The van der Waals surface area contributed by atoms with Crippen molar-refractivity contribution < 1.29 is 22.7 Å². The number of benzene rings is 2. The smallest absolute Gasteiger partial charge is 0.416 e. The molecule has 2 aromatic carbocycles. The number of nitrogens with zero attached hydrogens (tertiary/aromatic N) is 4. The largest absolute Gasteiger partial charge is 0.439 e. The normalized spacial score (nSPS) is 14.8. The Morgan fingerprint density at radius 3 is 2.24 bits per heavy atom. The number of aromatic nitrogens is 2. The summed E-state index contributed by atoms with van der Waals surface area (Å²) in [5, 5.41) is 5.12. The van der Waals surface area contributed by atoms with Crippen LogP contribution in [0.25, 0.3) is 0 Å². The number of hydrogen-bond donors (Lipinski definition) is 2. The van der Waals surface area contributed by atoms with Crippen molar-refractivity contribution in [3.63, 3.8) is 0 Å². The number of alkyl halides is 3. The summed E-state index contributed by atoms with van der Waals surface area (Å²) in [6.07, 6.45) is -2.36. The van der Waals surface area contributed by atoms with E-state index >= 15 is 0 Å². The molecule has 1 fully saturated rings. The van der Waals surface area contributed by atoms with E-state index in [1.807, 2.05) is 11.8 Å².